The molecule has 0 aliphatic heterocycles. The van der Waals surface area contributed by atoms with Crippen LogP contribution in [0.3, 0.4) is 0 Å². The first-order valence-electron chi connectivity index (χ1n) is 3.71. The number of hydrogen-bond donors (Lipinski definition) is 0. The lowest BCUT2D eigenvalue weighted by Crippen LogP contribution is -1.93. The van der Waals surface area contributed by atoms with Gasteiger partial charge >= 0.3 is 0 Å². The maximum Gasteiger partial charge on any atom is 0.114 e. The van der Waals surface area contributed by atoms with Crippen molar-refractivity contribution in [2.24, 2.45) is 5.16 Å². The van der Waals surface area contributed by atoms with Gasteiger partial charge in [-0.15, -0.1) is 0 Å². The molecule has 0 N–H and O–H groups in total. The number of benzene rings is 1. The van der Waals surface area contributed by atoms with E-state index >= 15 is 0 Å². The fourth-order valence-electron chi connectivity index (χ4n) is 0.848. The quantitative estimate of drug-likeness (QED) is 0.379. The summed E-state index contributed by atoms with van der Waals surface area (Å²) in [6.07, 6.45) is 1.30. The van der Waals surface area contributed by atoms with E-state index in [0.29, 0.717) is 0 Å². The maximum absolute atomic E-state index is 4.70. The van der Waals surface area contributed by atoms with E-state index < -0.39 is 0 Å². The van der Waals surface area contributed by atoms with Crippen LogP contribution in [0, 0.1) is 0 Å². The summed E-state index contributed by atoms with van der Waals surface area (Å²) in [5.74, 6) is 0. The number of hydrogen-bond acceptors (Lipinski definition) is 2. The molecule has 0 saturated heterocycles. The molecule has 12 heavy (non-hydrogen) atoms. The second kappa shape index (κ2) is 4.34. The molecule has 0 bridgehead atoms. The Bertz CT molecular complexity index is 277. The van der Waals surface area contributed by atoms with Crippen molar-refractivity contribution in [3.05, 3.63) is 48.7 Å². The van der Waals surface area contributed by atoms with Crippen LogP contribution in [0.25, 0.3) is 0 Å². The molecular weight excluding hydrogens is 150 g/mol. The second-order valence-electron chi connectivity index (χ2n) is 2.31. The average molecular weight is 161 g/mol. The normalized spacial score (nSPS) is 10.9. The number of rotatable bonds is 3. The Morgan fingerprint density at radius 3 is 2.67 bits per heavy atom. The number of nitrogens with zero attached hydrogens (tertiary/aromatic N) is 1. The van der Waals surface area contributed by atoms with Crippen molar-refractivity contribution in [1.82, 2.24) is 0 Å². The Balaban J connectivity index is 2.77. The molecule has 1 aromatic carbocycles. The van der Waals surface area contributed by atoms with E-state index in [4.69, 9.17) is 4.84 Å². The Hall–Kier alpha value is -1.57. The summed E-state index contributed by atoms with van der Waals surface area (Å²) in [7, 11) is 0. The zero-order chi connectivity index (χ0) is 8.81. The smallest absolute Gasteiger partial charge is 0.114 e. The molecule has 0 amide bonds. The lowest BCUT2D eigenvalue weighted by Gasteiger charge is -1.97. The molecule has 0 aromatic heterocycles. The van der Waals surface area contributed by atoms with Crippen molar-refractivity contribution >= 4 is 5.71 Å². The summed E-state index contributed by atoms with van der Waals surface area (Å²) in [5.41, 5.74) is 1.90. The zero-order valence-electron chi connectivity index (χ0n) is 7.03. The minimum absolute atomic E-state index is 0.843. The van der Waals surface area contributed by atoms with Crippen LogP contribution in [0.4, 0.5) is 0 Å². The van der Waals surface area contributed by atoms with Crippen LogP contribution in [0.2, 0.25) is 0 Å². The molecule has 2 heteroatoms. The molecule has 0 saturated carbocycles. The first-order chi connectivity index (χ1) is 5.84. The third-order valence-electron chi connectivity index (χ3n) is 1.46. The zero-order valence-corrected chi connectivity index (χ0v) is 7.03. The molecule has 0 aliphatic rings. The monoisotopic (exact) mass is 161 g/mol. The maximum atomic E-state index is 4.70. The van der Waals surface area contributed by atoms with Crippen molar-refractivity contribution in [3.8, 4) is 0 Å². The highest BCUT2D eigenvalue weighted by atomic mass is 16.6. The summed E-state index contributed by atoms with van der Waals surface area (Å²) >= 11 is 0. The van der Waals surface area contributed by atoms with Crippen molar-refractivity contribution < 1.29 is 4.84 Å². The van der Waals surface area contributed by atoms with Gasteiger partial charge in [0.05, 0.1) is 5.71 Å². The Morgan fingerprint density at radius 1 is 1.42 bits per heavy atom. The van der Waals surface area contributed by atoms with Crippen molar-refractivity contribution in [3.63, 3.8) is 0 Å². The van der Waals surface area contributed by atoms with Gasteiger partial charge in [0, 0.05) is 0 Å². The van der Waals surface area contributed by atoms with Gasteiger partial charge in [0.25, 0.3) is 0 Å². The first kappa shape index (κ1) is 8.53. The Kier molecular flexibility index (Phi) is 3.08. The molecule has 2 nitrogen and oxygen atoms in total. The van der Waals surface area contributed by atoms with Crippen LogP contribution in [-0.2, 0) is 4.84 Å². The molecule has 0 heterocycles. The molecule has 0 unspecified atom stereocenters. The Morgan fingerprint density at radius 2 is 2.08 bits per heavy atom. The van der Waals surface area contributed by atoms with Gasteiger partial charge in [-0.2, -0.15) is 0 Å². The van der Waals surface area contributed by atoms with E-state index in [1.165, 1.54) is 6.26 Å². The summed E-state index contributed by atoms with van der Waals surface area (Å²) in [4.78, 5) is 4.70. The van der Waals surface area contributed by atoms with E-state index in [2.05, 4.69) is 11.7 Å². The van der Waals surface area contributed by atoms with Gasteiger partial charge < -0.3 is 4.84 Å². The topological polar surface area (TPSA) is 21.6 Å². The van der Waals surface area contributed by atoms with Crippen LogP contribution in [-0.4, -0.2) is 5.71 Å². The summed E-state index contributed by atoms with van der Waals surface area (Å²) in [6.45, 7) is 5.28. The highest BCUT2D eigenvalue weighted by molar-refractivity contribution is 5.98. The highest BCUT2D eigenvalue weighted by Gasteiger charge is 1.93. The minimum atomic E-state index is 0.843. The average Bonchev–Trinajstić information content (AvgIpc) is 2.15. The van der Waals surface area contributed by atoms with Crippen LogP contribution in [0.5, 0.6) is 0 Å². The third-order valence-corrected chi connectivity index (χ3v) is 1.46. The minimum Gasteiger partial charge on any atom is -0.365 e. The summed E-state index contributed by atoms with van der Waals surface area (Å²) < 4.78 is 0. The molecule has 0 spiro atoms. The van der Waals surface area contributed by atoms with Crippen molar-refractivity contribution in [2.45, 2.75) is 6.92 Å². The summed E-state index contributed by atoms with van der Waals surface area (Å²) in [5, 5.41) is 3.81. The Labute approximate surface area is 72.2 Å². The van der Waals surface area contributed by atoms with Gasteiger partial charge in [0.1, 0.15) is 6.26 Å². The molecule has 1 aromatic rings. The molecule has 1 rings (SSSR count). The van der Waals surface area contributed by atoms with Gasteiger partial charge in [-0.25, -0.2) is 0 Å². The van der Waals surface area contributed by atoms with E-state index in [0.717, 1.165) is 11.3 Å². The fourth-order valence-corrected chi connectivity index (χ4v) is 0.848. The van der Waals surface area contributed by atoms with Crippen LogP contribution < -0.4 is 0 Å². The number of oxime groups is 1. The standard InChI is InChI=1S/C10H11NO/c1-3-12-11-9(2)10-7-5-4-6-8-10/h3-8H,1H2,2H3. The highest BCUT2D eigenvalue weighted by Crippen LogP contribution is 2.00. The molecule has 0 atom stereocenters. The largest absolute Gasteiger partial charge is 0.365 e. The summed E-state index contributed by atoms with van der Waals surface area (Å²) in [6, 6.07) is 9.84. The van der Waals surface area contributed by atoms with Crippen molar-refractivity contribution in [2.75, 3.05) is 0 Å². The molecule has 62 valence electrons. The molecule has 0 radical (unpaired) electrons. The molecular formula is C10H11NO. The van der Waals surface area contributed by atoms with Crippen LogP contribution >= 0.6 is 0 Å². The third kappa shape index (κ3) is 2.23. The van der Waals surface area contributed by atoms with Gasteiger partial charge in [0.15, 0.2) is 0 Å². The van der Waals surface area contributed by atoms with Crippen LogP contribution in [0.1, 0.15) is 12.5 Å². The van der Waals surface area contributed by atoms with E-state index in [9.17, 15) is 0 Å². The first-order valence-corrected chi connectivity index (χ1v) is 3.71. The van der Waals surface area contributed by atoms with E-state index in [-0.39, 0.29) is 0 Å². The second-order valence-corrected chi connectivity index (χ2v) is 2.31. The SMILES string of the molecule is C=CON=C(C)c1ccccc1. The van der Waals surface area contributed by atoms with Crippen molar-refractivity contribution in [1.29, 1.82) is 0 Å². The molecule has 0 aliphatic carbocycles. The van der Waals surface area contributed by atoms with Gasteiger partial charge in [-0.05, 0) is 12.5 Å². The van der Waals surface area contributed by atoms with Gasteiger partial charge in [-0.1, -0.05) is 42.1 Å². The van der Waals surface area contributed by atoms with Gasteiger partial charge in [0.2, 0.25) is 0 Å². The van der Waals surface area contributed by atoms with E-state index in [1.54, 1.807) is 0 Å². The van der Waals surface area contributed by atoms with E-state index in [1.807, 2.05) is 37.3 Å². The molecule has 0 fully saturated rings. The lowest BCUT2D eigenvalue weighted by molar-refractivity contribution is 0.269. The van der Waals surface area contributed by atoms with Gasteiger partial charge in [-0.3, -0.25) is 0 Å². The predicted octanol–water partition coefficient (Wildman–Crippen LogP) is 2.57. The fraction of sp³-hybridized carbons (Fsp3) is 0.100. The van der Waals surface area contributed by atoms with Crippen LogP contribution in [0.15, 0.2) is 48.3 Å². The lowest BCUT2D eigenvalue weighted by atomic mass is 10.1. The predicted molar refractivity (Wildman–Crippen MR) is 49.9 cm³/mol.